The second-order valence-electron chi connectivity index (χ2n) is 5.50. The highest BCUT2D eigenvalue weighted by atomic mass is 79.9. The molecule has 1 aliphatic carbocycles. The predicted octanol–water partition coefficient (Wildman–Crippen LogP) is 4.49. The Labute approximate surface area is 135 Å². The fourth-order valence-corrected chi connectivity index (χ4v) is 2.88. The summed E-state index contributed by atoms with van der Waals surface area (Å²) < 4.78 is 27.2. The molecule has 114 valence electrons. The largest absolute Gasteiger partial charge is 0.315 e. The molecule has 0 heterocycles. The van der Waals surface area contributed by atoms with Gasteiger partial charge < -0.3 is 4.90 Å². The van der Waals surface area contributed by atoms with Crippen LogP contribution in [0.4, 0.5) is 14.5 Å². The molecule has 2 aromatic rings. The van der Waals surface area contributed by atoms with Crippen LogP contribution in [0.2, 0.25) is 0 Å². The van der Waals surface area contributed by atoms with Gasteiger partial charge in [0.2, 0.25) is 5.91 Å². The number of rotatable bonds is 3. The van der Waals surface area contributed by atoms with Crippen molar-refractivity contribution in [2.75, 3.05) is 11.9 Å². The zero-order chi connectivity index (χ0) is 15.9. The van der Waals surface area contributed by atoms with Crippen molar-refractivity contribution >= 4 is 27.5 Å². The second kappa shape index (κ2) is 5.80. The van der Waals surface area contributed by atoms with Gasteiger partial charge in [0, 0.05) is 29.2 Å². The molecule has 1 amide bonds. The summed E-state index contributed by atoms with van der Waals surface area (Å²) >= 11 is 3.38. The van der Waals surface area contributed by atoms with Gasteiger partial charge in [-0.05, 0) is 42.2 Å². The molecule has 0 saturated heterocycles. The first-order valence-electron chi connectivity index (χ1n) is 6.95. The molecule has 1 fully saturated rings. The molecular weight excluding hydrogens is 352 g/mol. The summed E-state index contributed by atoms with van der Waals surface area (Å²) in [5, 5.41) is 0. The topological polar surface area (TPSA) is 20.3 Å². The third kappa shape index (κ3) is 2.90. The Morgan fingerprint density at radius 2 is 1.82 bits per heavy atom. The third-order valence-corrected chi connectivity index (χ3v) is 4.56. The minimum Gasteiger partial charge on any atom is -0.315 e. The number of nitrogens with zero attached hydrogens (tertiary/aromatic N) is 1. The highest BCUT2D eigenvalue weighted by Gasteiger charge is 2.45. The van der Waals surface area contributed by atoms with Gasteiger partial charge in [-0.25, -0.2) is 8.78 Å². The van der Waals surface area contributed by atoms with Crippen LogP contribution in [0.1, 0.15) is 17.9 Å². The normalized spacial score (nSPS) is 19.8. The van der Waals surface area contributed by atoms with Gasteiger partial charge >= 0.3 is 0 Å². The Morgan fingerprint density at radius 1 is 1.14 bits per heavy atom. The molecule has 5 heteroatoms. The molecule has 3 rings (SSSR count). The lowest BCUT2D eigenvalue weighted by molar-refractivity contribution is -0.119. The van der Waals surface area contributed by atoms with Crippen LogP contribution >= 0.6 is 15.9 Å². The van der Waals surface area contributed by atoms with Crippen LogP contribution in [-0.2, 0) is 4.79 Å². The summed E-state index contributed by atoms with van der Waals surface area (Å²) in [6.45, 7) is 0. The van der Waals surface area contributed by atoms with Gasteiger partial charge in [-0.1, -0.05) is 28.1 Å². The second-order valence-corrected chi connectivity index (χ2v) is 6.41. The Kier molecular flexibility index (Phi) is 4.00. The number of hydrogen-bond donors (Lipinski definition) is 0. The van der Waals surface area contributed by atoms with Crippen molar-refractivity contribution in [3.05, 3.63) is 64.1 Å². The SMILES string of the molecule is CN(C(=O)C1CC1c1ccc(Br)cc1)c1ccc(F)c(F)c1. The standard InChI is InChI=1S/C17H14BrF2NO/c1-21(12-6-7-15(19)16(20)8-12)17(22)14-9-13(14)10-2-4-11(18)5-3-10/h2-8,13-14H,9H2,1H3. The summed E-state index contributed by atoms with van der Waals surface area (Å²) in [5.74, 6) is -1.83. The summed E-state index contributed by atoms with van der Waals surface area (Å²) in [5.41, 5.74) is 1.49. The van der Waals surface area contributed by atoms with E-state index < -0.39 is 11.6 Å². The van der Waals surface area contributed by atoms with Gasteiger partial charge in [0.05, 0.1) is 0 Å². The molecule has 1 saturated carbocycles. The quantitative estimate of drug-likeness (QED) is 0.784. The molecule has 0 N–H and O–H groups in total. The summed E-state index contributed by atoms with van der Waals surface area (Å²) in [6, 6.07) is 11.4. The maximum atomic E-state index is 13.3. The maximum absolute atomic E-state index is 13.3. The van der Waals surface area contributed by atoms with Gasteiger partial charge in [0.1, 0.15) is 0 Å². The van der Waals surface area contributed by atoms with Crippen molar-refractivity contribution < 1.29 is 13.6 Å². The molecule has 22 heavy (non-hydrogen) atoms. The zero-order valence-corrected chi connectivity index (χ0v) is 13.5. The van der Waals surface area contributed by atoms with E-state index in [2.05, 4.69) is 15.9 Å². The van der Waals surface area contributed by atoms with E-state index in [1.54, 1.807) is 7.05 Å². The van der Waals surface area contributed by atoms with Crippen molar-refractivity contribution in [3.63, 3.8) is 0 Å². The van der Waals surface area contributed by atoms with Gasteiger partial charge in [0.15, 0.2) is 11.6 Å². The Balaban J connectivity index is 1.72. The number of carbonyl (C=O) groups is 1. The average Bonchev–Trinajstić information content (AvgIpc) is 3.30. The summed E-state index contributed by atoms with van der Waals surface area (Å²) in [7, 11) is 1.59. The van der Waals surface area contributed by atoms with E-state index in [-0.39, 0.29) is 17.7 Å². The molecule has 0 aliphatic heterocycles. The van der Waals surface area contributed by atoms with Gasteiger partial charge in [-0.15, -0.1) is 0 Å². The van der Waals surface area contributed by atoms with E-state index in [1.165, 1.54) is 11.0 Å². The van der Waals surface area contributed by atoms with Crippen LogP contribution in [0.5, 0.6) is 0 Å². The van der Waals surface area contributed by atoms with Crippen LogP contribution in [-0.4, -0.2) is 13.0 Å². The van der Waals surface area contributed by atoms with E-state index in [9.17, 15) is 13.6 Å². The average molecular weight is 366 g/mol. The Bertz CT molecular complexity index is 717. The molecule has 0 spiro atoms. The fourth-order valence-electron chi connectivity index (χ4n) is 2.62. The van der Waals surface area contributed by atoms with E-state index in [0.717, 1.165) is 28.6 Å². The first-order valence-corrected chi connectivity index (χ1v) is 7.75. The van der Waals surface area contributed by atoms with Crippen LogP contribution in [0.15, 0.2) is 46.9 Å². The number of anilines is 1. The van der Waals surface area contributed by atoms with Gasteiger partial charge in [0.25, 0.3) is 0 Å². The van der Waals surface area contributed by atoms with Crippen molar-refractivity contribution in [2.45, 2.75) is 12.3 Å². The lowest BCUT2D eigenvalue weighted by Crippen LogP contribution is -2.28. The molecule has 2 atom stereocenters. The minimum atomic E-state index is -0.947. The van der Waals surface area contributed by atoms with E-state index in [1.807, 2.05) is 24.3 Å². The van der Waals surface area contributed by atoms with Crippen LogP contribution in [0.25, 0.3) is 0 Å². The minimum absolute atomic E-state index is 0.0704. The molecule has 0 aromatic heterocycles. The van der Waals surface area contributed by atoms with Crippen molar-refractivity contribution in [1.82, 2.24) is 0 Å². The molecule has 2 aromatic carbocycles. The molecule has 2 nitrogen and oxygen atoms in total. The van der Waals surface area contributed by atoms with Crippen molar-refractivity contribution in [1.29, 1.82) is 0 Å². The molecule has 0 radical (unpaired) electrons. The van der Waals surface area contributed by atoms with Crippen LogP contribution in [0, 0.1) is 17.6 Å². The fraction of sp³-hybridized carbons (Fsp3) is 0.235. The number of hydrogen-bond acceptors (Lipinski definition) is 1. The first-order chi connectivity index (χ1) is 10.5. The monoisotopic (exact) mass is 365 g/mol. The maximum Gasteiger partial charge on any atom is 0.230 e. The first kappa shape index (κ1) is 15.2. The molecule has 0 bridgehead atoms. The number of halogens is 3. The smallest absolute Gasteiger partial charge is 0.230 e. The highest BCUT2D eigenvalue weighted by Crippen LogP contribution is 2.48. The van der Waals surface area contributed by atoms with Gasteiger partial charge in [-0.3, -0.25) is 4.79 Å². The van der Waals surface area contributed by atoms with E-state index in [4.69, 9.17) is 0 Å². The highest BCUT2D eigenvalue weighted by molar-refractivity contribution is 9.10. The lowest BCUT2D eigenvalue weighted by atomic mass is 10.1. The zero-order valence-electron chi connectivity index (χ0n) is 11.9. The summed E-state index contributed by atoms with van der Waals surface area (Å²) in [4.78, 5) is 13.8. The number of benzene rings is 2. The van der Waals surface area contributed by atoms with Crippen molar-refractivity contribution in [2.24, 2.45) is 5.92 Å². The molecule has 2 unspecified atom stereocenters. The Morgan fingerprint density at radius 3 is 2.45 bits per heavy atom. The third-order valence-electron chi connectivity index (χ3n) is 4.03. The lowest BCUT2D eigenvalue weighted by Gasteiger charge is -2.17. The van der Waals surface area contributed by atoms with E-state index >= 15 is 0 Å². The van der Waals surface area contributed by atoms with Crippen LogP contribution < -0.4 is 4.90 Å². The van der Waals surface area contributed by atoms with Crippen molar-refractivity contribution in [3.8, 4) is 0 Å². The van der Waals surface area contributed by atoms with E-state index in [0.29, 0.717) is 5.69 Å². The number of carbonyl (C=O) groups excluding carboxylic acids is 1. The predicted molar refractivity (Wildman–Crippen MR) is 84.8 cm³/mol. The number of amides is 1. The Hall–Kier alpha value is -1.75. The van der Waals surface area contributed by atoms with Crippen LogP contribution in [0.3, 0.4) is 0 Å². The summed E-state index contributed by atoms with van der Waals surface area (Å²) in [6.07, 6.45) is 0.786. The molecule has 1 aliphatic rings. The van der Waals surface area contributed by atoms with Gasteiger partial charge in [-0.2, -0.15) is 0 Å². The molecular formula is C17H14BrF2NO.